The molecule has 5 nitrogen and oxygen atoms in total. The highest BCUT2D eigenvalue weighted by molar-refractivity contribution is 7.87. The van der Waals surface area contributed by atoms with Crippen molar-refractivity contribution in [1.29, 1.82) is 0 Å². The van der Waals surface area contributed by atoms with Gasteiger partial charge in [0.25, 0.3) is 6.33 Å². The summed E-state index contributed by atoms with van der Waals surface area (Å²) in [7, 11) is -0.373. The van der Waals surface area contributed by atoms with Crippen molar-refractivity contribution in [2.45, 2.75) is 64.8 Å². The van der Waals surface area contributed by atoms with Gasteiger partial charge in [0, 0.05) is 26.9 Å². The van der Waals surface area contributed by atoms with Gasteiger partial charge in [0.1, 0.15) is 18.9 Å². The van der Waals surface area contributed by atoms with Crippen LogP contribution < -0.4 is 4.57 Å². The quantitative estimate of drug-likeness (QED) is 0.373. The third-order valence-corrected chi connectivity index (χ3v) is 5.34. The lowest BCUT2D eigenvalue weighted by Gasteiger charge is -2.05. The molecule has 0 bridgehead atoms. The van der Waals surface area contributed by atoms with Crippen LogP contribution in [0.4, 0.5) is 0 Å². The lowest BCUT2D eigenvalue weighted by atomic mass is 10.1. The molecule has 1 aromatic rings. The first-order valence-corrected chi connectivity index (χ1v) is 9.84. The summed E-state index contributed by atoms with van der Waals surface area (Å²) < 4.78 is 28.1. The Morgan fingerprint density at radius 3 is 2.39 bits per heavy atom. The van der Waals surface area contributed by atoms with E-state index in [1.54, 1.807) is 18.7 Å². The zero-order chi connectivity index (χ0) is 17.1. The minimum atomic E-state index is -3.42. The van der Waals surface area contributed by atoms with Gasteiger partial charge in [-0.25, -0.2) is 4.57 Å². The van der Waals surface area contributed by atoms with Gasteiger partial charge < -0.3 is 0 Å². The molecule has 1 heterocycles. The van der Waals surface area contributed by atoms with Crippen molar-refractivity contribution in [3.63, 3.8) is 0 Å². The van der Waals surface area contributed by atoms with Crippen molar-refractivity contribution >= 4 is 10.2 Å². The van der Waals surface area contributed by atoms with Gasteiger partial charge >= 0.3 is 10.2 Å². The highest BCUT2D eigenvalue weighted by Gasteiger charge is 2.22. The molecule has 1 rings (SSSR count). The molecule has 0 radical (unpaired) electrons. The van der Waals surface area contributed by atoms with Crippen LogP contribution in [0.25, 0.3) is 0 Å². The third kappa shape index (κ3) is 7.19. The molecule has 130 valence electrons. The highest BCUT2D eigenvalue weighted by atomic mass is 32.2. The van der Waals surface area contributed by atoms with E-state index in [1.165, 1.54) is 60.9 Å². The number of aryl methyl sites for hydroxylation is 1. The van der Waals surface area contributed by atoms with E-state index in [0.717, 1.165) is 12.8 Å². The lowest BCUT2D eigenvalue weighted by Crippen LogP contribution is -2.33. The van der Waals surface area contributed by atoms with Crippen LogP contribution >= 0.6 is 0 Å². The molecule has 0 N–H and O–H groups in total. The second-order valence-electron chi connectivity index (χ2n) is 5.89. The molecule has 0 fully saturated rings. The van der Waals surface area contributed by atoms with Gasteiger partial charge in [0.15, 0.2) is 0 Å². The molecule has 1 aromatic heterocycles. The summed E-state index contributed by atoms with van der Waals surface area (Å²) in [5.74, 6) is 6.37. The summed E-state index contributed by atoms with van der Waals surface area (Å²) in [5, 5.41) is 0. The zero-order valence-electron chi connectivity index (χ0n) is 14.7. The first kappa shape index (κ1) is 19.7. The molecule has 0 saturated carbocycles. The SMILES string of the molecule is CCCCCCCCC#CCC[n+]1ccn(S(=O)(=O)N(C)C)c1. The van der Waals surface area contributed by atoms with E-state index in [-0.39, 0.29) is 0 Å². The topological polar surface area (TPSA) is 46.2 Å². The number of nitrogens with zero attached hydrogens (tertiary/aromatic N) is 3. The summed E-state index contributed by atoms with van der Waals surface area (Å²) in [6.07, 6.45) is 14.4. The van der Waals surface area contributed by atoms with Crippen LogP contribution in [0.3, 0.4) is 0 Å². The van der Waals surface area contributed by atoms with Crippen LogP contribution in [0.2, 0.25) is 0 Å². The molecule has 23 heavy (non-hydrogen) atoms. The number of hydrogen-bond acceptors (Lipinski definition) is 2. The van der Waals surface area contributed by atoms with Crippen molar-refractivity contribution in [2.24, 2.45) is 0 Å². The molecular weight excluding hydrogens is 310 g/mol. The maximum Gasteiger partial charge on any atom is 0.379 e. The van der Waals surface area contributed by atoms with Crippen molar-refractivity contribution in [3.05, 3.63) is 18.7 Å². The molecule has 0 aliphatic carbocycles. The lowest BCUT2D eigenvalue weighted by molar-refractivity contribution is -0.694. The van der Waals surface area contributed by atoms with Gasteiger partial charge in [-0.1, -0.05) is 44.9 Å². The zero-order valence-corrected chi connectivity index (χ0v) is 15.5. The van der Waals surface area contributed by atoms with E-state index in [1.807, 2.05) is 4.57 Å². The Bertz CT molecular complexity index is 609. The minimum Gasteiger partial charge on any atom is -0.235 e. The molecule has 0 aliphatic heterocycles. The fourth-order valence-corrected chi connectivity index (χ4v) is 3.01. The van der Waals surface area contributed by atoms with Gasteiger partial charge in [-0.05, 0) is 6.42 Å². The highest BCUT2D eigenvalue weighted by Crippen LogP contribution is 2.06. The molecule has 6 heteroatoms. The van der Waals surface area contributed by atoms with Crippen molar-refractivity contribution in [3.8, 4) is 11.8 Å². The Hall–Kier alpha value is -1.32. The van der Waals surface area contributed by atoms with Crippen LogP contribution in [0.5, 0.6) is 0 Å². The van der Waals surface area contributed by atoms with E-state index in [4.69, 9.17) is 0 Å². The maximum absolute atomic E-state index is 11.9. The first-order chi connectivity index (χ1) is 11.0. The number of hydrogen-bond donors (Lipinski definition) is 0. The van der Waals surface area contributed by atoms with E-state index in [2.05, 4.69) is 18.8 Å². The van der Waals surface area contributed by atoms with Crippen LogP contribution in [0.15, 0.2) is 18.7 Å². The average molecular weight is 341 g/mol. The van der Waals surface area contributed by atoms with Gasteiger partial charge in [-0.15, -0.1) is 9.89 Å². The Morgan fingerprint density at radius 2 is 1.70 bits per heavy atom. The standard InChI is InChI=1S/C17H30N3O2S/c1-4-5-6-7-8-9-10-11-12-13-14-19-15-16-20(17-19)23(21,22)18(2)3/h15-17H,4-10,13-14H2,1-3H3/q+1. The molecular formula is C17H30N3O2S+. The summed E-state index contributed by atoms with van der Waals surface area (Å²) in [4.78, 5) is 0. The van der Waals surface area contributed by atoms with Crippen molar-refractivity contribution in [2.75, 3.05) is 14.1 Å². The largest absolute Gasteiger partial charge is 0.379 e. The molecule has 0 atom stereocenters. The summed E-state index contributed by atoms with van der Waals surface area (Å²) in [6, 6.07) is 0. The molecule has 0 aliphatic rings. The van der Waals surface area contributed by atoms with Crippen LogP contribution in [0.1, 0.15) is 58.3 Å². The monoisotopic (exact) mass is 340 g/mol. The normalized spacial score (nSPS) is 11.5. The van der Waals surface area contributed by atoms with Crippen LogP contribution in [-0.4, -0.2) is 30.8 Å². The fourth-order valence-electron chi connectivity index (χ4n) is 2.19. The van der Waals surface area contributed by atoms with Gasteiger partial charge in [-0.2, -0.15) is 12.7 Å². The van der Waals surface area contributed by atoms with E-state index in [9.17, 15) is 8.42 Å². The van der Waals surface area contributed by atoms with E-state index in [0.29, 0.717) is 6.54 Å². The third-order valence-electron chi connectivity index (χ3n) is 3.67. The van der Waals surface area contributed by atoms with Crippen LogP contribution in [0, 0.1) is 11.8 Å². The van der Waals surface area contributed by atoms with Crippen molar-refractivity contribution in [1.82, 2.24) is 8.28 Å². The molecule has 0 amide bonds. The van der Waals surface area contributed by atoms with E-state index < -0.39 is 10.2 Å². The minimum absolute atomic E-state index is 0.708. The first-order valence-electron chi connectivity index (χ1n) is 8.44. The molecule has 0 unspecified atom stereocenters. The molecule has 0 saturated heterocycles. The molecule has 0 spiro atoms. The van der Waals surface area contributed by atoms with E-state index >= 15 is 0 Å². The Labute approximate surface area is 141 Å². The Morgan fingerprint density at radius 1 is 1.04 bits per heavy atom. The summed E-state index contributed by atoms with van der Waals surface area (Å²) in [5.41, 5.74) is 0. The fraction of sp³-hybridized carbons (Fsp3) is 0.706. The predicted octanol–water partition coefficient (Wildman–Crippen LogP) is 2.57. The van der Waals surface area contributed by atoms with Gasteiger partial charge in [0.2, 0.25) is 0 Å². The summed E-state index contributed by atoms with van der Waals surface area (Å²) >= 11 is 0. The van der Waals surface area contributed by atoms with Crippen LogP contribution in [-0.2, 0) is 16.8 Å². The number of rotatable bonds is 10. The van der Waals surface area contributed by atoms with Gasteiger partial charge in [0.05, 0.1) is 0 Å². The number of imidazole rings is 1. The average Bonchev–Trinajstić information content (AvgIpc) is 2.98. The molecule has 0 aromatic carbocycles. The smallest absolute Gasteiger partial charge is 0.235 e. The van der Waals surface area contributed by atoms with Crippen molar-refractivity contribution < 1.29 is 13.0 Å². The number of aromatic nitrogens is 2. The van der Waals surface area contributed by atoms with Gasteiger partial charge in [-0.3, -0.25) is 0 Å². The second-order valence-corrected chi connectivity index (χ2v) is 7.94. The second kappa shape index (κ2) is 10.5. The Balaban J connectivity index is 2.25. The number of unbranched alkanes of at least 4 members (excludes halogenated alkanes) is 6. The maximum atomic E-state index is 11.9. The predicted molar refractivity (Wildman–Crippen MR) is 93.0 cm³/mol. The Kier molecular flexibility index (Phi) is 8.97. The summed E-state index contributed by atoms with van der Waals surface area (Å²) in [6.45, 7) is 2.94.